The Kier molecular flexibility index (Phi) is 12.3. The van der Waals surface area contributed by atoms with Crippen LogP contribution in [0.2, 0.25) is 0 Å². The number of guanidine groups is 1. The molecule has 0 aliphatic rings. The molecular weight excluding hydrogens is 474 g/mol. The molecule has 0 saturated carbocycles. The van der Waals surface area contributed by atoms with Gasteiger partial charge in [-0.1, -0.05) is 13.8 Å². The second kappa shape index (κ2) is 14.6. The third kappa shape index (κ3) is 10.3. The predicted octanol–water partition coefficient (Wildman–Crippen LogP) is -3.09. The molecule has 12 N–H and O–H groups in total. The number of aliphatic carboxylic acids is 1. The number of aliphatic hydroxyl groups excluding tert-OH is 1. The fraction of sp³-hybridized carbons (Fsp3) is 0.619. The van der Waals surface area contributed by atoms with Gasteiger partial charge in [-0.15, -0.1) is 0 Å². The highest BCUT2D eigenvalue weighted by Crippen LogP contribution is 2.07. The highest BCUT2D eigenvalue weighted by Gasteiger charge is 2.32. The maximum Gasteiger partial charge on any atom is 0.326 e. The molecule has 1 aromatic rings. The molecular formula is C21H37N9O6. The lowest BCUT2D eigenvalue weighted by molar-refractivity contribution is -0.143. The van der Waals surface area contributed by atoms with E-state index in [1.807, 2.05) is 0 Å². The van der Waals surface area contributed by atoms with Gasteiger partial charge in [-0.25, -0.2) is 9.78 Å². The zero-order valence-electron chi connectivity index (χ0n) is 20.6. The number of carbonyl (C=O) groups is 4. The summed E-state index contributed by atoms with van der Waals surface area (Å²) >= 11 is 0. The molecule has 1 rings (SSSR count). The minimum Gasteiger partial charge on any atom is -0.480 e. The van der Waals surface area contributed by atoms with Crippen LogP contribution in [0.4, 0.5) is 0 Å². The normalized spacial score (nSPS) is 15.2. The van der Waals surface area contributed by atoms with Crippen LogP contribution in [-0.2, 0) is 25.6 Å². The average molecular weight is 512 g/mol. The first-order valence-electron chi connectivity index (χ1n) is 11.4. The lowest BCUT2D eigenvalue weighted by Crippen LogP contribution is -2.59. The molecule has 15 nitrogen and oxygen atoms in total. The Balaban J connectivity index is 3.10. The van der Waals surface area contributed by atoms with E-state index in [-0.39, 0.29) is 25.3 Å². The fourth-order valence-electron chi connectivity index (χ4n) is 3.12. The number of imidazole rings is 1. The van der Waals surface area contributed by atoms with Crippen molar-refractivity contribution in [2.75, 3.05) is 6.54 Å². The Morgan fingerprint density at radius 1 is 1.06 bits per heavy atom. The van der Waals surface area contributed by atoms with Crippen LogP contribution in [0, 0.1) is 5.92 Å². The van der Waals surface area contributed by atoms with Gasteiger partial charge in [0.1, 0.15) is 24.2 Å². The zero-order valence-corrected chi connectivity index (χ0v) is 20.6. The molecule has 0 fully saturated rings. The van der Waals surface area contributed by atoms with Crippen LogP contribution in [0.1, 0.15) is 39.3 Å². The number of nitrogens with one attached hydrogen (secondary N) is 4. The molecule has 3 amide bonds. The first-order valence-corrected chi connectivity index (χ1v) is 11.4. The average Bonchev–Trinajstić information content (AvgIpc) is 3.30. The van der Waals surface area contributed by atoms with Gasteiger partial charge in [0.2, 0.25) is 17.7 Å². The van der Waals surface area contributed by atoms with Crippen molar-refractivity contribution in [2.24, 2.45) is 28.1 Å². The third-order valence-electron chi connectivity index (χ3n) is 5.24. The molecule has 5 atom stereocenters. The molecule has 15 heteroatoms. The molecule has 202 valence electrons. The van der Waals surface area contributed by atoms with Crippen LogP contribution in [0.25, 0.3) is 0 Å². The number of nitrogens with two attached hydrogens (primary N) is 3. The van der Waals surface area contributed by atoms with Crippen molar-refractivity contribution in [3.63, 3.8) is 0 Å². The summed E-state index contributed by atoms with van der Waals surface area (Å²) in [5.41, 5.74) is 16.8. The molecule has 0 spiro atoms. The van der Waals surface area contributed by atoms with Crippen LogP contribution < -0.4 is 33.2 Å². The molecule has 0 aromatic carbocycles. The van der Waals surface area contributed by atoms with Gasteiger partial charge in [-0.3, -0.25) is 19.4 Å². The van der Waals surface area contributed by atoms with Crippen molar-refractivity contribution >= 4 is 29.7 Å². The van der Waals surface area contributed by atoms with E-state index in [9.17, 15) is 29.4 Å². The number of carboxylic acid groups (broad SMARTS) is 1. The number of carboxylic acids is 1. The summed E-state index contributed by atoms with van der Waals surface area (Å²) in [5, 5.41) is 26.5. The largest absolute Gasteiger partial charge is 0.480 e. The van der Waals surface area contributed by atoms with Crippen molar-refractivity contribution in [2.45, 2.75) is 70.3 Å². The molecule has 1 heterocycles. The predicted molar refractivity (Wildman–Crippen MR) is 130 cm³/mol. The molecule has 0 aliphatic carbocycles. The van der Waals surface area contributed by atoms with Gasteiger partial charge in [0.25, 0.3) is 0 Å². The first kappa shape index (κ1) is 30.3. The Hall–Kier alpha value is -3.72. The lowest BCUT2D eigenvalue weighted by Gasteiger charge is -2.26. The Morgan fingerprint density at radius 3 is 2.17 bits per heavy atom. The summed E-state index contributed by atoms with van der Waals surface area (Å²) in [6.45, 7) is 4.78. The third-order valence-corrected chi connectivity index (χ3v) is 5.24. The Morgan fingerprint density at radius 2 is 1.67 bits per heavy atom. The van der Waals surface area contributed by atoms with Gasteiger partial charge in [0.15, 0.2) is 5.96 Å². The lowest BCUT2D eigenvalue weighted by atomic mass is 10.0. The summed E-state index contributed by atoms with van der Waals surface area (Å²) in [6, 6.07) is -4.81. The number of aromatic amines is 1. The second-order valence-corrected chi connectivity index (χ2v) is 8.69. The van der Waals surface area contributed by atoms with E-state index in [1.54, 1.807) is 13.8 Å². The van der Waals surface area contributed by atoms with E-state index in [0.717, 1.165) is 0 Å². The molecule has 0 radical (unpaired) electrons. The van der Waals surface area contributed by atoms with Crippen molar-refractivity contribution in [3.05, 3.63) is 18.2 Å². The monoisotopic (exact) mass is 511 g/mol. The Labute approximate surface area is 208 Å². The molecule has 0 bridgehead atoms. The molecule has 5 unspecified atom stereocenters. The standard InChI is InChI=1S/C21H37N9O6/c1-10(2)16(20(35)36)30-18(33)14(7-12-8-25-9-27-12)29-17(32)13(5-4-6-26-21(23)24)28-19(34)15(22)11(3)31/h8-11,13-16,31H,4-7,22H2,1-3H3,(H,25,27)(H,28,34)(H,29,32)(H,30,33)(H,35,36)(H4,23,24,26). The highest BCUT2D eigenvalue weighted by molar-refractivity contribution is 5.94. The summed E-state index contributed by atoms with van der Waals surface area (Å²) in [6.07, 6.45) is 2.04. The van der Waals surface area contributed by atoms with Gasteiger partial charge >= 0.3 is 5.97 Å². The number of amides is 3. The summed E-state index contributed by atoms with van der Waals surface area (Å²) in [7, 11) is 0. The van der Waals surface area contributed by atoms with E-state index >= 15 is 0 Å². The first-order chi connectivity index (χ1) is 16.8. The summed E-state index contributed by atoms with van der Waals surface area (Å²) in [5.74, 6) is -3.99. The molecule has 0 saturated heterocycles. The smallest absolute Gasteiger partial charge is 0.326 e. The van der Waals surface area contributed by atoms with Crippen LogP contribution in [0.15, 0.2) is 17.5 Å². The minimum atomic E-state index is -1.29. The highest BCUT2D eigenvalue weighted by atomic mass is 16.4. The van der Waals surface area contributed by atoms with Gasteiger partial charge in [-0.2, -0.15) is 0 Å². The molecule has 0 aliphatic heterocycles. The number of rotatable bonds is 15. The van der Waals surface area contributed by atoms with E-state index < -0.39 is 59.9 Å². The number of carbonyl (C=O) groups excluding carboxylic acids is 3. The quantitative estimate of drug-likeness (QED) is 0.0650. The second-order valence-electron chi connectivity index (χ2n) is 8.69. The maximum atomic E-state index is 13.2. The van der Waals surface area contributed by atoms with E-state index in [0.29, 0.717) is 12.1 Å². The number of H-pyrrole nitrogens is 1. The van der Waals surface area contributed by atoms with Gasteiger partial charge in [0, 0.05) is 24.9 Å². The van der Waals surface area contributed by atoms with E-state index in [4.69, 9.17) is 17.2 Å². The van der Waals surface area contributed by atoms with E-state index in [2.05, 4.69) is 30.9 Å². The zero-order chi connectivity index (χ0) is 27.4. The van der Waals surface area contributed by atoms with Crippen LogP contribution in [0.5, 0.6) is 0 Å². The van der Waals surface area contributed by atoms with Crippen molar-refractivity contribution in [3.8, 4) is 0 Å². The number of hydrogen-bond donors (Lipinski definition) is 9. The summed E-state index contributed by atoms with van der Waals surface area (Å²) in [4.78, 5) is 60.7. The fourth-order valence-corrected chi connectivity index (χ4v) is 3.12. The molecule has 1 aromatic heterocycles. The molecule has 36 heavy (non-hydrogen) atoms. The Bertz CT molecular complexity index is 900. The van der Waals surface area contributed by atoms with Gasteiger partial charge < -0.3 is 48.3 Å². The van der Waals surface area contributed by atoms with Crippen LogP contribution >= 0.6 is 0 Å². The SMILES string of the molecule is CC(C)C(NC(=O)C(Cc1cnc[nH]1)NC(=O)C(CCCN=C(N)N)NC(=O)C(N)C(C)O)C(=O)O. The number of nitrogens with zero attached hydrogens (tertiary/aromatic N) is 2. The van der Waals surface area contributed by atoms with Crippen LogP contribution in [0.3, 0.4) is 0 Å². The number of aromatic nitrogens is 2. The van der Waals surface area contributed by atoms with Crippen molar-refractivity contribution < 1.29 is 29.4 Å². The number of aliphatic imine (C=N–C) groups is 1. The maximum absolute atomic E-state index is 13.2. The van der Waals surface area contributed by atoms with Gasteiger partial charge in [0.05, 0.1) is 12.4 Å². The van der Waals surface area contributed by atoms with Gasteiger partial charge in [-0.05, 0) is 25.7 Å². The van der Waals surface area contributed by atoms with Crippen LogP contribution in [-0.4, -0.2) is 86.6 Å². The van der Waals surface area contributed by atoms with Crippen molar-refractivity contribution in [1.29, 1.82) is 0 Å². The number of hydrogen-bond acceptors (Lipinski definition) is 8. The van der Waals surface area contributed by atoms with Crippen molar-refractivity contribution in [1.82, 2.24) is 25.9 Å². The topological polar surface area (TPSA) is 264 Å². The summed E-state index contributed by atoms with van der Waals surface area (Å²) < 4.78 is 0. The van der Waals surface area contributed by atoms with E-state index in [1.165, 1.54) is 19.4 Å². The minimum absolute atomic E-state index is 0.0239. The number of aliphatic hydroxyl groups is 1.